The highest BCUT2D eigenvalue weighted by Crippen LogP contribution is 2.30. The highest BCUT2D eigenvalue weighted by molar-refractivity contribution is 8.14. The first-order valence-corrected chi connectivity index (χ1v) is 12.9. The number of thiazole rings is 1. The molecule has 1 aromatic heterocycles. The number of carbonyl (C=O) groups is 3. The summed E-state index contributed by atoms with van der Waals surface area (Å²) in [5.41, 5.74) is 1.02. The molecular weight excluding hydrogens is 494 g/mol. The number of ether oxygens (including phenoxy) is 1. The third-order valence-electron chi connectivity index (χ3n) is 5.77. The third-order valence-corrected chi connectivity index (χ3v) is 7.64. The molecule has 0 spiro atoms. The fraction of sp³-hybridized carbons (Fsp3) is 0.455. The highest BCUT2D eigenvalue weighted by Gasteiger charge is 2.31. The summed E-state index contributed by atoms with van der Waals surface area (Å²) in [5.74, 6) is -0.234. The Morgan fingerprint density at radius 1 is 1.23 bits per heavy atom. The van der Waals surface area contributed by atoms with Gasteiger partial charge in [-0.15, -0.1) is 11.3 Å². The Morgan fingerprint density at radius 2 is 1.91 bits per heavy atom. The van der Waals surface area contributed by atoms with Crippen molar-refractivity contribution in [2.45, 2.75) is 37.7 Å². The number of anilines is 1. The zero-order valence-corrected chi connectivity index (χ0v) is 20.7. The molecule has 0 radical (unpaired) electrons. The molecule has 2 aliphatic heterocycles. The molecule has 2 fully saturated rings. The Hall–Kier alpha value is -3.19. The highest BCUT2D eigenvalue weighted by atomic mass is 32.2. The molecule has 2 amide bonds. The second-order valence-corrected chi connectivity index (χ2v) is 10.7. The summed E-state index contributed by atoms with van der Waals surface area (Å²) in [6.07, 6.45) is 0.754. The molecule has 2 aromatic rings. The normalized spacial score (nSPS) is 16.5. The second kappa shape index (κ2) is 11.0. The Kier molecular flexibility index (Phi) is 7.86. The van der Waals surface area contributed by atoms with Crippen LogP contribution in [0.1, 0.15) is 35.8 Å². The fourth-order valence-corrected chi connectivity index (χ4v) is 5.64. The zero-order chi connectivity index (χ0) is 24.9. The van der Waals surface area contributed by atoms with E-state index in [4.69, 9.17) is 4.74 Å². The molecule has 0 bridgehead atoms. The Bertz CT molecular complexity index is 1090. The van der Waals surface area contributed by atoms with Gasteiger partial charge in [-0.2, -0.15) is 0 Å². The van der Waals surface area contributed by atoms with Crippen LogP contribution < -0.4 is 10.2 Å². The predicted octanol–water partition coefficient (Wildman–Crippen LogP) is 3.05. The van der Waals surface area contributed by atoms with Crippen LogP contribution in [0.25, 0.3) is 0 Å². The van der Waals surface area contributed by atoms with Gasteiger partial charge in [0.2, 0.25) is 0 Å². The molecule has 0 atom stereocenters. The lowest BCUT2D eigenvalue weighted by molar-refractivity contribution is -0.384. The Balaban J connectivity index is 1.17. The van der Waals surface area contributed by atoms with E-state index in [0.29, 0.717) is 37.2 Å². The SMILES string of the molecule is CC(=O)SC1CN(c2nc(C(=O)NC3CCN(C(=O)OCc4ccc([N+](=O)[O-])cc4)CC3)cs2)C1. The summed E-state index contributed by atoms with van der Waals surface area (Å²) in [6, 6.07) is 5.80. The Morgan fingerprint density at radius 3 is 2.54 bits per heavy atom. The summed E-state index contributed by atoms with van der Waals surface area (Å²) in [5, 5.41) is 16.6. The van der Waals surface area contributed by atoms with Crippen molar-refractivity contribution in [2.75, 3.05) is 31.1 Å². The Labute approximate surface area is 210 Å². The largest absolute Gasteiger partial charge is 0.445 e. The molecule has 0 unspecified atom stereocenters. The molecule has 4 rings (SSSR count). The number of non-ortho nitro benzene ring substituents is 1. The molecule has 0 aliphatic carbocycles. The van der Waals surface area contributed by atoms with Crippen molar-refractivity contribution in [3.8, 4) is 0 Å². The summed E-state index contributed by atoms with van der Waals surface area (Å²) >= 11 is 2.75. The van der Waals surface area contributed by atoms with Crippen molar-refractivity contribution in [3.63, 3.8) is 0 Å². The van der Waals surface area contributed by atoms with E-state index in [0.717, 1.165) is 18.2 Å². The van der Waals surface area contributed by atoms with Crippen LogP contribution in [0.3, 0.4) is 0 Å². The number of nitrogens with one attached hydrogen (secondary N) is 1. The monoisotopic (exact) mass is 519 g/mol. The molecule has 11 nitrogen and oxygen atoms in total. The molecule has 35 heavy (non-hydrogen) atoms. The number of hydrogen-bond acceptors (Lipinski definition) is 10. The van der Waals surface area contributed by atoms with Crippen LogP contribution in [-0.4, -0.2) is 69.4 Å². The number of nitro benzene ring substituents is 1. The van der Waals surface area contributed by atoms with Gasteiger partial charge in [0.05, 0.1) is 4.92 Å². The van der Waals surface area contributed by atoms with E-state index in [9.17, 15) is 24.5 Å². The van der Waals surface area contributed by atoms with Crippen LogP contribution in [0, 0.1) is 10.1 Å². The van der Waals surface area contributed by atoms with Crippen molar-refractivity contribution >= 4 is 51.0 Å². The summed E-state index contributed by atoms with van der Waals surface area (Å²) < 4.78 is 5.32. The van der Waals surface area contributed by atoms with Gasteiger partial charge in [-0.3, -0.25) is 19.7 Å². The van der Waals surface area contributed by atoms with Gasteiger partial charge in [0, 0.05) is 61.9 Å². The number of nitrogens with zero attached hydrogens (tertiary/aromatic N) is 4. The lowest BCUT2D eigenvalue weighted by atomic mass is 10.1. The molecule has 2 saturated heterocycles. The first kappa shape index (κ1) is 24.9. The second-order valence-electron chi connectivity index (χ2n) is 8.36. The van der Waals surface area contributed by atoms with Crippen LogP contribution in [0.5, 0.6) is 0 Å². The van der Waals surface area contributed by atoms with Crippen LogP contribution in [0.2, 0.25) is 0 Å². The van der Waals surface area contributed by atoms with Gasteiger partial charge in [0.25, 0.3) is 11.6 Å². The van der Waals surface area contributed by atoms with E-state index in [-0.39, 0.29) is 34.6 Å². The lowest BCUT2D eigenvalue weighted by Gasteiger charge is -2.37. The number of likely N-dealkylation sites (tertiary alicyclic amines) is 1. The number of carbonyl (C=O) groups excluding carboxylic acids is 3. The van der Waals surface area contributed by atoms with Crippen molar-refractivity contribution < 1.29 is 24.0 Å². The van der Waals surface area contributed by atoms with E-state index in [2.05, 4.69) is 15.2 Å². The fourth-order valence-electron chi connectivity index (χ4n) is 3.83. The molecule has 1 N–H and O–H groups in total. The number of benzene rings is 1. The van der Waals surface area contributed by atoms with E-state index in [1.54, 1.807) is 29.3 Å². The molecule has 1 aromatic carbocycles. The number of amides is 2. The summed E-state index contributed by atoms with van der Waals surface area (Å²) in [4.78, 5) is 54.5. The van der Waals surface area contributed by atoms with Gasteiger partial charge in [0.1, 0.15) is 12.3 Å². The number of thioether (sulfide) groups is 1. The van der Waals surface area contributed by atoms with Crippen LogP contribution in [0.4, 0.5) is 15.6 Å². The van der Waals surface area contributed by atoms with Gasteiger partial charge < -0.3 is 19.9 Å². The number of hydrogen-bond donors (Lipinski definition) is 1. The van der Waals surface area contributed by atoms with Gasteiger partial charge in [-0.05, 0) is 30.5 Å². The molecule has 2 aliphatic rings. The molecule has 186 valence electrons. The van der Waals surface area contributed by atoms with E-state index < -0.39 is 11.0 Å². The first-order chi connectivity index (χ1) is 16.8. The van der Waals surface area contributed by atoms with Gasteiger partial charge >= 0.3 is 6.09 Å². The van der Waals surface area contributed by atoms with Crippen LogP contribution >= 0.6 is 23.1 Å². The number of aromatic nitrogens is 1. The predicted molar refractivity (Wildman–Crippen MR) is 132 cm³/mol. The van der Waals surface area contributed by atoms with E-state index in [1.807, 2.05) is 0 Å². The van der Waals surface area contributed by atoms with E-state index in [1.165, 1.54) is 35.2 Å². The van der Waals surface area contributed by atoms with Crippen molar-refractivity contribution in [3.05, 3.63) is 51.0 Å². The minimum absolute atomic E-state index is 0.0176. The van der Waals surface area contributed by atoms with E-state index >= 15 is 0 Å². The third kappa shape index (κ3) is 6.48. The molecule has 13 heteroatoms. The molecular formula is C22H25N5O6S2. The number of piperidine rings is 1. The topological polar surface area (TPSA) is 135 Å². The van der Waals surface area contributed by atoms with Gasteiger partial charge in [-0.25, -0.2) is 9.78 Å². The van der Waals surface area contributed by atoms with Gasteiger partial charge in [0.15, 0.2) is 10.2 Å². The van der Waals surface area contributed by atoms with Gasteiger partial charge in [-0.1, -0.05) is 11.8 Å². The maximum Gasteiger partial charge on any atom is 0.410 e. The maximum atomic E-state index is 12.6. The standard InChI is InChI=1S/C22H25N5O6S2/c1-14(28)35-18-10-26(11-18)21-24-19(13-34-21)20(29)23-16-6-8-25(9-7-16)22(30)33-12-15-2-4-17(5-3-15)27(31)32/h2-5,13,16,18H,6-12H2,1H3,(H,23,29). The summed E-state index contributed by atoms with van der Waals surface area (Å²) in [6.45, 7) is 4.00. The first-order valence-electron chi connectivity index (χ1n) is 11.1. The number of nitro groups is 1. The zero-order valence-electron chi connectivity index (χ0n) is 19.0. The van der Waals surface area contributed by atoms with Crippen molar-refractivity contribution in [1.29, 1.82) is 0 Å². The van der Waals surface area contributed by atoms with Crippen LogP contribution in [-0.2, 0) is 16.1 Å². The molecule has 3 heterocycles. The minimum atomic E-state index is -0.482. The smallest absolute Gasteiger partial charge is 0.410 e. The maximum absolute atomic E-state index is 12.6. The van der Waals surface area contributed by atoms with Crippen molar-refractivity contribution in [1.82, 2.24) is 15.2 Å². The average Bonchev–Trinajstić information content (AvgIpc) is 3.30. The lowest BCUT2D eigenvalue weighted by Crippen LogP contribution is -2.49. The quantitative estimate of drug-likeness (QED) is 0.432. The molecule has 0 saturated carbocycles. The minimum Gasteiger partial charge on any atom is -0.445 e. The summed E-state index contributed by atoms with van der Waals surface area (Å²) in [7, 11) is 0. The number of rotatable bonds is 7. The van der Waals surface area contributed by atoms with Crippen LogP contribution in [0.15, 0.2) is 29.6 Å². The average molecular weight is 520 g/mol. The van der Waals surface area contributed by atoms with Crippen molar-refractivity contribution in [2.24, 2.45) is 0 Å².